The quantitative estimate of drug-likeness (QED) is 0.410. The largest absolute Gasteiger partial charge is 0.466 e. The van der Waals surface area contributed by atoms with Crippen molar-refractivity contribution in [1.82, 2.24) is 0 Å². The van der Waals surface area contributed by atoms with Crippen molar-refractivity contribution in [2.24, 2.45) is 4.99 Å². The molecule has 0 heterocycles. The number of rotatable bonds is 6. The minimum atomic E-state index is -4.41. The molecule has 0 unspecified atom stereocenters. The second kappa shape index (κ2) is 7.76. The van der Waals surface area contributed by atoms with E-state index >= 15 is 0 Å². The van der Waals surface area contributed by atoms with Crippen molar-refractivity contribution in [2.75, 3.05) is 6.61 Å². The van der Waals surface area contributed by atoms with E-state index in [2.05, 4.69) is 24.6 Å². The van der Waals surface area contributed by atoms with Gasteiger partial charge >= 0.3 is 12.1 Å². The zero-order valence-corrected chi connectivity index (χ0v) is 14.8. The molecule has 0 aliphatic heterocycles. The van der Waals surface area contributed by atoms with Gasteiger partial charge in [-0.2, -0.15) is 13.2 Å². The Kier molecular flexibility index (Phi) is 6.55. The summed E-state index contributed by atoms with van der Waals surface area (Å²) in [6, 6.07) is 5.58. The summed E-state index contributed by atoms with van der Waals surface area (Å²) in [6.07, 6.45) is -4.43. The van der Waals surface area contributed by atoms with Crippen LogP contribution in [0.1, 0.15) is 18.9 Å². The zero-order valence-electron chi connectivity index (χ0n) is 13.8. The number of halogens is 3. The first-order valence-electron chi connectivity index (χ1n) is 7.34. The third-order valence-electron chi connectivity index (χ3n) is 3.01. The van der Waals surface area contributed by atoms with Crippen molar-refractivity contribution >= 4 is 25.4 Å². The van der Waals surface area contributed by atoms with Crippen LogP contribution in [0.3, 0.4) is 0 Å². The first kappa shape index (κ1) is 19.4. The summed E-state index contributed by atoms with van der Waals surface area (Å²) in [5.74, 6) is -0.406. The van der Waals surface area contributed by atoms with Crippen LogP contribution >= 0.6 is 0 Å². The fourth-order valence-electron chi connectivity index (χ4n) is 1.74. The van der Waals surface area contributed by atoms with Gasteiger partial charge in [0.25, 0.3) is 0 Å². The molecule has 1 rings (SSSR count). The molecule has 0 saturated heterocycles. The molecule has 0 fully saturated rings. The molecule has 0 amide bonds. The van der Waals surface area contributed by atoms with Gasteiger partial charge in [0.15, 0.2) is 0 Å². The average molecular weight is 345 g/mol. The van der Waals surface area contributed by atoms with Gasteiger partial charge in [-0.3, -0.25) is 9.79 Å². The normalized spacial score (nSPS) is 13.1. The predicted molar refractivity (Wildman–Crippen MR) is 87.9 cm³/mol. The molecule has 128 valence electrons. The molecule has 23 heavy (non-hydrogen) atoms. The fraction of sp³-hybridized carbons (Fsp3) is 0.500. The van der Waals surface area contributed by atoms with Crippen LogP contribution in [0, 0.1) is 0 Å². The molecule has 0 saturated carbocycles. The van der Waals surface area contributed by atoms with Crippen LogP contribution in [0.15, 0.2) is 29.3 Å². The third-order valence-corrected chi connectivity index (χ3v) is 4.71. The summed E-state index contributed by atoms with van der Waals surface area (Å²) in [4.78, 5) is 15.7. The van der Waals surface area contributed by atoms with Crippen molar-refractivity contribution in [3.63, 3.8) is 0 Å². The Balaban J connectivity index is 2.62. The highest BCUT2D eigenvalue weighted by atomic mass is 28.3. The van der Waals surface area contributed by atoms with Gasteiger partial charge in [-0.05, 0) is 31.2 Å². The first-order valence-corrected chi connectivity index (χ1v) is 11.1. The number of carbonyl (C=O) groups is 1. The Hall–Kier alpha value is -1.63. The van der Waals surface area contributed by atoms with Crippen molar-refractivity contribution < 1.29 is 22.7 Å². The van der Waals surface area contributed by atoms with Crippen LogP contribution in [-0.2, 0) is 15.7 Å². The average Bonchev–Trinajstić information content (AvgIpc) is 2.36. The summed E-state index contributed by atoms with van der Waals surface area (Å²) in [5, 5.41) is 0. The number of aliphatic imine (C=N–C) groups is 1. The van der Waals surface area contributed by atoms with Crippen molar-refractivity contribution in [3.8, 4) is 0 Å². The molecule has 3 nitrogen and oxygen atoms in total. The maximum atomic E-state index is 12.6. The monoisotopic (exact) mass is 345 g/mol. The van der Waals surface area contributed by atoms with Crippen LogP contribution in [0.4, 0.5) is 18.9 Å². The van der Waals surface area contributed by atoms with Gasteiger partial charge in [-0.15, -0.1) is 0 Å². The van der Waals surface area contributed by atoms with E-state index in [-0.39, 0.29) is 12.1 Å². The maximum Gasteiger partial charge on any atom is 0.416 e. The molecule has 0 radical (unpaired) electrons. The summed E-state index contributed by atoms with van der Waals surface area (Å²) < 4.78 is 43.0. The highest BCUT2D eigenvalue weighted by Crippen LogP contribution is 2.31. The van der Waals surface area contributed by atoms with Crippen LogP contribution < -0.4 is 0 Å². The highest BCUT2D eigenvalue weighted by Gasteiger charge is 2.30. The van der Waals surface area contributed by atoms with Gasteiger partial charge in [-0.1, -0.05) is 25.7 Å². The Morgan fingerprint density at radius 2 is 1.91 bits per heavy atom. The zero-order chi connectivity index (χ0) is 17.7. The van der Waals surface area contributed by atoms with Gasteiger partial charge in [0.05, 0.1) is 24.3 Å². The van der Waals surface area contributed by atoms with E-state index < -0.39 is 25.8 Å². The number of alkyl halides is 3. The smallest absolute Gasteiger partial charge is 0.416 e. The number of benzene rings is 1. The standard InChI is InChI=1S/C16H22F3NO2Si/c1-12(10-15(21)22-8-9-23(2,3)4)20-14-7-5-6-13(11-14)16(17,18)19/h5-7,11H,8-10H2,1-4H3. The number of nitrogens with zero attached hydrogens (tertiary/aromatic N) is 1. The van der Waals surface area contributed by atoms with E-state index in [1.807, 2.05) is 0 Å². The molecular weight excluding hydrogens is 323 g/mol. The lowest BCUT2D eigenvalue weighted by Crippen LogP contribution is -2.23. The molecule has 1 aromatic rings. The third kappa shape index (κ3) is 7.97. The number of hydrogen-bond acceptors (Lipinski definition) is 3. The lowest BCUT2D eigenvalue weighted by molar-refractivity contribution is -0.141. The lowest BCUT2D eigenvalue weighted by atomic mass is 10.2. The van der Waals surface area contributed by atoms with Crippen LogP contribution in [0.25, 0.3) is 0 Å². The van der Waals surface area contributed by atoms with Gasteiger partial charge in [0.1, 0.15) is 0 Å². The van der Waals surface area contributed by atoms with Gasteiger partial charge in [0.2, 0.25) is 0 Å². The highest BCUT2D eigenvalue weighted by molar-refractivity contribution is 6.76. The van der Waals surface area contributed by atoms with Gasteiger partial charge in [0, 0.05) is 13.8 Å². The predicted octanol–water partition coefficient (Wildman–Crippen LogP) is 5.07. The van der Waals surface area contributed by atoms with Crippen LogP contribution in [-0.4, -0.2) is 26.4 Å². The Morgan fingerprint density at radius 3 is 2.48 bits per heavy atom. The Morgan fingerprint density at radius 1 is 1.26 bits per heavy atom. The molecular formula is C16H22F3NO2Si. The summed E-state index contributed by atoms with van der Waals surface area (Å²) in [6.45, 7) is 8.52. The molecule has 7 heteroatoms. The van der Waals surface area contributed by atoms with Crippen LogP contribution in [0.2, 0.25) is 25.7 Å². The van der Waals surface area contributed by atoms with E-state index in [0.29, 0.717) is 12.3 Å². The van der Waals surface area contributed by atoms with E-state index in [0.717, 1.165) is 18.2 Å². The van der Waals surface area contributed by atoms with E-state index in [1.165, 1.54) is 12.1 Å². The number of esters is 1. The van der Waals surface area contributed by atoms with Gasteiger partial charge < -0.3 is 4.74 Å². The van der Waals surface area contributed by atoms with Crippen molar-refractivity contribution in [1.29, 1.82) is 0 Å². The molecule has 1 aromatic carbocycles. The van der Waals surface area contributed by atoms with E-state index in [1.54, 1.807) is 6.92 Å². The minimum absolute atomic E-state index is 0.0258. The Labute approximate surface area is 135 Å². The molecule has 0 aromatic heterocycles. The summed E-state index contributed by atoms with van der Waals surface area (Å²) in [5.41, 5.74) is -0.168. The maximum absolute atomic E-state index is 12.6. The van der Waals surface area contributed by atoms with Crippen LogP contribution in [0.5, 0.6) is 0 Å². The lowest BCUT2D eigenvalue weighted by Gasteiger charge is -2.15. The van der Waals surface area contributed by atoms with Gasteiger partial charge in [-0.25, -0.2) is 0 Å². The second-order valence-corrected chi connectivity index (χ2v) is 12.2. The molecule has 0 N–H and O–H groups in total. The van der Waals surface area contributed by atoms with E-state index in [4.69, 9.17) is 4.74 Å². The van der Waals surface area contributed by atoms with Crippen molar-refractivity contribution in [2.45, 2.75) is 45.2 Å². The first-order chi connectivity index (χ1) is 10.5. The fourth-order valence-corrected chi connectivity index (χ4v) is 2.46. The number of carbonyl (C=O) groups excluding carboxylic acids is 1. The van der Waals surface area contributed by atoms with Crippen molar-refractivity contribution in [3.05, 3.63) is 29.8 Å². The minimum Gasteiger partial charge on any atom is -0.466 e. The summed E-state index contributed by atoms with van der Waals surface area (Å²) >= 11 is 0. The number of ether oxygens (including phenoxy) is 1. The van der Waals surface area contributed by atoms with E-state index in [9.17, 15) is 18.0 Å². The SMILES string of the molecule is CC(CC(=O)OCC[Si](C)(C)C)=Nc1cccc(C(F)(F)F)c1. The second-order valence-electron chi connectivity index (χ2n) is 6.60. The molecule has 0 spiro atoms. The molecule has 0 aliphatic rings. The summed E-state index contributed by atoms with van der Waals surface area (Å²) in [7, 11) is -1.26. The topological polar surface area (TPSA) is 38.7 Å². The Bertz CT molecular complexity index is 577. The molecule has 0 bridgehead atoms. The molecule has 0 aliphatic carbocycles. The molecule has 0 atom stereocenters. The number of hydrogen-bond donors (Lipinski definition) is 0.